The van der Waals surface area contributed by atoms with Crippen LogP contribution in [0.5, 0.6) is 11.5 Å². The van der Waals surface area contributed by atoms with E-state index >= 15 is 0 Å². The third-order valence-electron chi connectivity index (χ3n) is 3.45. The molecule has 0 radical (unpaired) electrons. The van der Waals surface area contributed by atoms with Gasteiger partial charge in [-0.3, -0.25) is 4.79 Å². The van der Waals surface area contributed by atoms with Gasteiger partial charge >= 0.3 is 6.18 Å². The normalized spacial score (nSPS) is 11.1. The quantitative estimate of drug-likeness (QED) is 0.721. The van der Waals surface area contributed by atoms with Crippen molar-refractivity contribution in [3.8, 4) is 11.5 Å². The maximum absolute atomic E-state index is 12.6. The molecule has 0 heterocycles. The first-order valence-electron chi connectivity index (χ1n) is 8.17. The highest BCUT2D eigenvalue weighted by Gasteiger charge is 2.30. The van der Waals surface area contributed by atoms with Crippen LogP contribution < -0.4 is 14.8 Å². The Bertz CT molecular complexity index is 715. The van der Waals surface area contributed by atoms with Crippen molar-refractivity contribution in [2.75, 3.05) is 19.8 Å². The molecule has 0 spiro atoms. The molecule has 2 aromatic rings. The smallest absolute Gasteiger partial charge is 0.416 e. The Morgan fingerprint density at radius 2 is 1.77 bits per heavy atom. The van der Waals surface area contributed by atoms with Gasteiger partial charge in [0.15, 0.2) is 0 Å². The number of amides is 1. The molecule has 7 heteroatoms. The average molecular weight is 367 g/mol. The second-order valence-corrected chi connectivity index (χ2v) is 5.48. The average Bonchev–Trinajstić information content (AvgIpc) is 2.60. The lowest BCUT2D eigenvalue weighted by Crippen LogP contribution is -2.29. The number of carbonyl (C=O) groups is 1. The lowest BCUT2D eigenvalue weighted by Gasteiger charge is -2.11. The zero-order chi connectivity index (χ0) is 19.0. The molecule has 0 aliphatic heterocycles. The Morgan fingerprint density at radius 1 is 1.04 bits per heavy atom. The second-order valence-electron chi connectivity index (χ2n) is 5.48. The molecule has 2 aromatic carbocycles. The summed E-state index contributed by atoms with van der Waals surface area (Å²) >= 11 is 0. The summed E-state index contributed by atoms with van der Waals surface area (Å²) in [6, 6.07) is 11.8. The summed E-state index contributed by atoms with van der Waals surface area (Å²) in [5, 5.41) is 2.67. The molecule has 1 amide bonds. The zero-order valence-electron chi connectivity index (χ0n) is 14.3. The zero-order valence-corrected chi connectivity index (χ0v) is 14.3. The van der Waals surface area contributed by atoms with Crippen LogP contribution in [0.2, 0.25) is 0 Å². The van der Waals surface area contributed by atoms with Gasteiger partial charge in [0.1, 0.15) is 18.1 Å². The Hall–Kier alpha value is -2.70. The minimum Gasteiger partial charge on any atom is -0.494 e. The van der Waals surface area contributed by atoms with E-state index in [1.54, 1.807) is 12.1 Å². The predicted octanol–water partition coefficient (Wildman–Crippen LogP) is 3.84. The molecule has 2 rings (SSSR count). The fraction of sp³-hybridized carbons (Fsp3) is 0.316. The van der Waals surface area contributed by atoms with E-state index in [1.807, 2.05) is 19.1 Å². The van der Waals surface area contributed by atoms with Crippen molar-refractivity contribution in [2.24, 2.45) is 0 Å². The van der Waals surface area contributed by atoms with Crippen LogP contribution in [0.4, 0.5) is 13.2 Å². The van der Waals surface area contributed by atoms with Gasteiger partial charge in [0.2, 0.25) is 5.91 Å². The maximum Gasteiger partial charge on any atom is 0.416 e. The molecule has 0 aromatic heterocycles. The third kappa shape index (κ3) is 6.31. The lowest BCUT2D eigenvalue weighted by atomic mass is 10.1. The van der Waals surface area contributed by atoms with E-state index in [0.717, 1.165) is 23.4 Å². The predicted molar refractivity (Wildman–Crippen MR) is 91.3 cm³/mol. The molecule has 0 saturated carbocycles. The number of alkyl halides is 3. The molecule has 0 unspecified atom stereocenters. The number of rotatable bonds is 8. The molecular weight excluding hydrogens is 347 g/mol. The topological polar surface area (TPSA) is 47.6 Å². The van der Waals surface area contributed by atoms with Crippen molar-refractivity contribution >= 4 is 5.91 Å². The molecule has 0 saturated heterocycles. The molecule has 0 aliphatic carbocycles. The summed E-state index contributed by atoms with van der Waals surface area (Å²) in [5.74, 6) is 0.661. The number of ether oxygens (including phenoxy) is 2. The van der Waals surface area contributed by atoms with E-state index in [9.17, 15) is 18.0 Å². The van der Waals surface area contributed by atoms with Gasteiger partial charge in [0.25, 0.3) is 0 Å². The molecule has 0 aliphatic rings. The fourth-order valence-corrected chi connectivity index (χ4v) is 2.24. The maximum atomic E-state index is 12.6. The highest BCUT2D eigenvalue weighted by Crippen LogP contribution is 2.31. The van der Waals surface area contributed by atoms with Crippen LogP contribution in [-0.2, 0) is 17.4 Å². The first-order valence-corrected chi connectivity index (χ1v) is 8.17. The van der Waals surface area contributed by atoms with Crippen LogP contribution in [0.3, 0.4) is 0 Å². The van der Waals surface area contributed by atoms with Gasteiger partial charge in [-0.05, 0) is 42.8 Å². The summed E-state index contributed by atoms with van der Waals surface area (Å²) in [6.45, 7) is 2.75. The number of benzene rings is 2. The Labute approximate surface area is 149 Å². The lowest BCUT2D eigenvalue weighted by molar-refractivity contribution is -0.137. The highest BCUT2D eigenvalue weighted by molar-refractivity contribution is 5.78. The van der Waals surface area contributed by atoms with Crippen molar-refractivity contribution in [1.82, 2.24) is 5.32 Å². The van der Waals surface area contributed by atoms with Gasteiger partial charge in [0, 0.05) is 0 Å². The van der Waals surface area contributed by atoms with Gasteiger partial charge < -0.3 is 14.8 Å². The number of halogens is 3. The number of hydrogen-bond acceptors (Lipinski definition) is 3. The van der Waals surface area contributed by atoms with Gasteiger partial charge in [-0.2, -0.15) is 13.2 Å². The standard InChI is InChI=1S/C19H20F3NO3/c1-2-25-16-8-6-14(7-9-16)12-18(24)23-10-11-26-17-5-3-4-15(13-17)19(20,21)22/h3-9,13H,2,10-12H2,1H3,(H,23,24). The monoisotopic (exact) mass is 367 g/mol. The number of carbonyl (C=O) groups excluding carboxylic acids is 1. The van der Waals surface area contributed by atoms with E-state index in [0.29, 0.717) is 6.61 Å². The van der Waals surface area contributed by atoms with Crippen molar-refractivity contribution in [2.45, 2.75) is 19.5 Å². The Morgan fingerprint density at radius 3 is 2.42 bits per heavy atom. The van der Waals surface area contributed by atoms with Crippen LogP contribution in [-0.4, -0.2) is 25.7 Å². The van der Waals surface area contributed by atoms with Crippen molar-refractivity contribution < 1.29 is 27.4 Å². The highest BCUT2D eigenvalue weighted by atomic mass is 19.4. The summed E-state index contributed by atoms with van der Waals surface area (Å²) in [6.07, 6.45) is -4.21. The first kappa shape index (κ1) is 19.6. The largest absolute Gasteiger partial charge is 0.494 e. The van der Waals surface area contributed by atoms with Crippen molar-refractivity contribution in [3.63, 3.8) is 0 Å². The van der Waals surface area contributed by atoms with Gasteiger partial charge in [-0.15, -0.1) is 0 Å². The molecule has 0 atom stereocenters. The molecule has 140 valence electrons. The molecular formula is C19H20F3NO3. The van der Waals surface area contributed by atoms with E-state index in [1.165, 1.54) is 12.1 Å². The first-order chi connectivity index (χ1) is 12.4. The Balaban J connectivity index is 1.73. The van der Waals surface area contributed by atoms with E-state index in [4.69, 9.17) is 9.47 Å². The minimum absolute atomic E-state index is 0.0797. The molecule has 0 bridgehead atoms. The van der Waals surface area contributed by atoms with Crippen LogP contribution in [0.25, 0.3) is 0 Å². The van der Waals surface area contributed by atoms with Gasteiger partial charge in [-0.25, -0.2) is 0 Å². The van der Waals surface area contributed by atoms with Gasteiger partial charge in [0.05, 0.1) is 25.1 Å². The van der Waals surface area contributed by atoms with E-state index < -0.39 is 11.7 Å². The SMILES string of the molecule is CCOc1ccc(CC(=O)NCCOc2cccc(C(F)(F)F)c2)cc1. The molecule has 26 heavy (non-hydrogen) atoms. The summed E-state index contributed by atoms with van der Waals surface area (Å²) in [7, 11) is 0. The molecule has 4 nitrogen and oxygen atoms in total. The van der Waals surface area contributed by atoms with Crippen molar-refractivity contribution in [1.29, 1.82) is 0 Å². The summed E-state index contributed by atoms with van der Waals surface area (Å²) < 4.78 is 48.4. The van der Waals surface area contributed by atoms with Crippen LogP contribution in [0.15, 0.2) is 48.5 Å². The van der Waals surface area contributed by atoms with Crippen molar-refractivity contribution in [3.05, 3.63) is 59.7 Å². The third-order valence-corrected chi connectivity index (χ3v) is 3.45. The Kier molecular flexibility index (Phi) is 6.89. The van der Waals surface area contributed by atoms with Gasteiger partial charge in [-0.1, -0.05) is 18.2 Å². The number of nitrogens with one attached hydrogen (secondary N) is 1. The van der Waals surface area contributed by atoms with Crippen LogP contribution in [0, 0.1) is 0 Å². The van der Waals surface area contributed by atoms with E-state index in [2.05, 4.69) is 5.32 Å². The number of hydrogen-bond donors (Lipinski definition) is 1. The summed E-state index contributed by atoms with van der Waals surface area (Å²) in [5.41, 5.74) is 0.0688. The fourth-order valence-electron chi connectivity index (χ4n) is 2.24. The van der Waals surface area contributed by atoms with E-state index in [-0.39, 0.29) is 31.2 Å². The van der Waals surface area contributed by atoms with Crippen LogP contribution >= 0.6 is 0 Å². The second kappa shape index (κ2) is 9.12. The minimum atomic E-state index is -4.41. The summed E-state index contributed by atoms with van der Waals surface area (Å²) in [4.78, 5) is 11.9. The van der Waals surface area contributed by atoms with Crippen LogP contribution in [0.1, 0.15) is 18.1 Å². The molecule has 0 fully saturated rings. The molecule has 1 N–H and O–H groups in total.